The Morgan fingerprint density at radius 1 is 0.722 bits per heavy atom. The van der Waals surface area contributed by atoms with Crippen LogP contribution in [0.25, 0.3) is 35.1 Å². The van der Waals surface area contributed by atoms with Crippen molar-refractivity contribution in [3.8, 4) is 0 Å². The normalized spacial score (nSPS) is 13.3. The van der Waals surface area contributed by atoms with Gasteiger partial charge in [0.05, 0.1) is 0 Å². The molecule has 0 bridgehead atoms. The van der Waals surface area contributed by atoms with Gasteiger partial charge in [-0.25, -0.2) is 0 Å². The van der Waals surface area contributed by atoms with Crippen LogP contribution in [0.2, 0.25) is 0 Å². The summed E-state index contributed by atoms with van der Waals surface area (Å²) < 4.78 is 0. The maximum absolute atomic E-state index is 3.87. The first-order valence-corrected chi connectivity index (χ1v) is 6.35. The Hall–Kier alpha value is -2.08. The molecule has 2 aromatic carbocycles. The third-order valence-electron chi connectivity index (χ3n) is 3.58. The average Bonchev–Trinajstić information content (AvgIpc) is 2.43. The fourth-order valence-electron chi connectivity index (χ4n) is 2.60. The Balaban J connectivity index is 2.42. The molecule has 0 atom stereocenters. The van der Waals surface area contributed by atoms with E-state index in [0.29, 0.717) is 0 Å². The van der Waals surface area contributed by atoms with Crippen LogP contribution < -0.4 is 10.4 Å². The quantitative estimate of drug-likeness (QED) is 0.743. The SMILES string of the molecule is C=Cc1cc2cc3c(cc2cc1C=C)=CCCC=3. The van der Waals surface area contributed by atoms with Gasteiger partial charge in [-0.1, -0.05) is 37.5 Å². The Morgan fingerprint density at radius 2 is 1.17 bits per heavy atom. The van der Waals surface area contributed by atoms with E-state index in [2.05, 4.69) is 49.6 Å². The average molecular weight is 232 g/mol. The van der Waals surface area contributed by atoms with Crippen molar-refractivity contribution in [2.75, 3.05) is 0 Å². The van der Waals surface area contributed by atoms with Gasteiger partial charge < -0.3 is 0 Å². The van der Waals surface area contributed by atoms with Crippen molar-refractivity contribution in [2.45, 2.75) is 12.8 Å². The van der Waals surface area contributed by atoms with Crippen molar-refractivity contribution < 1.29 is 0 Å². The molecule has 0 heteroatoms. The third-order valence-corrected chi connectivity index (χ3v) is 3.58. The molecule has 1 aliphatic carbocycles. The topological polar surface area (TPSA) is 0 Å². The summed E-state index contributed by atoms with van der Waals surface area (Å²) in [5, 5.41) is 5.27. The third kappa shape index (κ3) is 1.70. The molecule has 2 aromatic rings. The smallest absolute Gasteiger partial charge is 0.0171 e. The van der Waals surface area contributed by atoms with E-state index in [1.807, 2.05) is 12.2 Å². The highest BCUT2D eigenvalue weighted by Gasteiger charge is 2.02. The Bertz CT molecular complexity index is 694. The number of fused-ring (bicyclic) bond motifs is 2. The van der Waals surface area contributed by atoms with E-state index in [-0.39, 0.29) is 0 Å². The van der Waals surface area contributed by atoms with Crippen LogP contribution in [-0.2, 0) is 0 Å². The number of benzene rings is 2. The van der Waals surface area contributed by atoms with Gasteiger partial charge in [0, 0.05) is 0 Å². The summed E-state index contributed by atoms with van der Waals surface area (Å²) in [4.78, 5) is 0. The molecule has 0 amide bonds. The van der Waals surface area contributed by atoms with Crippen molar-refractivity contribution in [1.82, 2.24) is 0 Å². The van der Waals surface area contributed by atoms with Gasteiger partial charge in [0.15, 0.2) is 0 Å². The highest BCUT2D eigenvalue weighted by molar-refractivity contribution is 5.88. The first-order valence-electron chi connectivity index (χ1n) is 6.35. The zero-order valence-electron chi connectivity index (χ0n) is 10.4. The highest BCUT2D eigenvalue weighted by Crippen LogP contribution is 2.20. The summed E-state index contributed by atoms with van der Waals surface area (Å²) in [5.74, 6) is 0. The summed E-state index contributed by atoms with van der Waals surface area (Å²) in [5.41, 5.74) is 2.30. The minimum absolute atomic E-state index is 1.15. The lowest BCUT2D eigenvalue weighted by atomic mass is 9.97. The Labute approximate surface area is 107 Å². The molecule has 3 rings (SSSR count). The van der Waals surface area contributed by atoms with E-state index in [1.54, 1.807) is 0 Å². The minimum Gasteiger partial charge on any atom is -0.0984 e. The summed E-state index contributed by atoms with van der Waals surface area (Å²) in [6.45, 7) is 7.74. The van der Waals surface area contributed by atoms with E-state index in [9.17, 15) is 0 Å². The predicted octanol–water partition coefficient (Wildman–Crippen LogP) is 3.48. The molecule has 0 saturated carbocycles. The number of hydrogen-bond donors (Lipinski definition) is 0. The van der Waals surface area contributed by atoms with E-state index in [1.165, 1.54) is 21.2 Å². The standard InChI is InChI=1S/C18H16/c1-3-13-9-17-11-15-7-5-6-8-16(15)12-18(17)10-14(13)4-2/h3-4,7-12H,1-2,5-6H2. The summed E-state index contributed by atoms with van der Waals surface area (Å²) in [6, 6.07) is 8.95. The maximum atomic E-state index is 3.87. The van der Waals surface area contributed by atoms with Gasteiger partial charge in [0.2, 0.25) is 0 Å². The lowest BCUT2D eigenvalue weighted by Crippen LogP contribution is -2.26. The van der Waals surface area contributed by atoms with Crippen LogP contribution in [0.5, 0.6) is 0 Å². The zero-order valence-corrected chi connectivity index (χ0v) is 10.4. The van der Waals surface area contributed by atoms with E-state index in [0.717, 1.165) is 24.0 Å². The van der Waals surface area contributed by atoms with E-state index >= 15 is 0 Å². The second kappa shape index (κ2) is 4.30. The Kier molecular flexibility index (Phi) is 2.64. The van der Waals surface area contributed by atoms with Crippen LogP contribution in [0.15, 0.2) is 37.4 Å². The van der Waals surface area contributed by atoms with Crippen LogP contribution in [0.3, 0.4) is 0 Å². The fraction of sp³-hybridized carbons (Fsp3) is 0.111. The second-order valence-electron chi connectivity index (χ2n) is 4.70. The van der Waals surface area contributed by atoms with Crippen LogP contribution in [0.1, 0.15) is 24.0 Å². The second-order valence-corrected chi connectivity index (χ2v) is 4.70. The van der Waals surface area contributed by atoms with E-state index < -0.39 is 0 Å². The van der Waals surface area contributed by atoms with Crippen molar-refractivity contribution in [3.05, 3.63) is 59.0 Å². The maximum Gasteiger partial charge on any atom is -0.0171 e. The largest absolute Gasteiger partial charge is 0.0984 e. The van der Waals surface area contributed by atoms with Crippen molar-refractivity contribution in [2.24, 2.45) is 0 Å². The molecule has 0 radical (unpaired) electrons. The molecule has 0 heterocycles. The molecular formula is C18H16. The fourth-order valence-corrected chi connectivity index (χ4v) is 2.60. The summed E-state index contributed by atoms with van der Waals surface area (Å²) in [6.07, 6.45) is 10.7. The van der Waals surface area contributed by atoms with Crippen LogP contribution in [-0.4, -0.2) is 0 Å². The van der Waals surface area contributed by atoms with Gasteiger partial charge >= 0.3 is 0 Å². The van der Waals surface area contributed by atoms with Crippen molar-refractivity contribution >= 4 is 35.1 Å². The molecule has 0 aliphatic heterocycles. The molecule has 0 fully saturated rings. The molecule has 1 aliphatic rings. The first kappa shape index (κ1) is 11.0. The molecule has 0 aromatic heterocycles. The molecule has 0 nitrogen and oxygen atoms in total. The van der Waals surface area contributed by atoms with Crippen LogP contribution in [0, 0.1) is 0 Å². The molecule has 88 valence electrons. The van der Waals surface area contributed by atoms with Crippen LogP contribution in [0.4, 0.5) is 0 Å². The van der Waals surface area contributed by atoms with Gasteiger partial charge in [0.25, 0.3) is 0 Å². The zero-order chi connectivity index (χ0) is 12.5. The van der Waals surface area contributed by atoms with Gasteiger partial charge in [-0.2, -0.15) is 0 Å². The van der Waals surface area contributed by atoms with E-state index in [4.69, 9.17) is 0 Å². The minimum atomic E-state index is 1.15. The molecular weight excluding hydrogens is 216 g/mol. The summed E-state index contributed by atoms with van der Waals surface area (Å²) >= 11 is 0. The molecule has 0 saturated heterocycles. The molecule has 0 spiro atoms. The van der Waals surface area contributed by atoms with Gasteiger partial charge in [-0.05, 0) is 69.4 Å². The molecule has 18 heavy (non-hydrogen) atoms. The monoisotopic (exact) mass is 232 g/mol. The van der Waals surface area contributed by atoms with Gasteiger partial charge in [-0.3, -0.25) is 0 Å². The molecule has 0 N–H and O–H groups in total. The lowest BCUT2D eigenvalue weighted by molar-refractivity contribution is 1.12. The van der Waals surface area contributed by atoms with Crippen molar-refractivity contribution in [1.29, 1.82) is 0 Å². The summed E-state index contributed by atoms with van der Waals surface area (Å²) in [7, 11) is 0. The Morgan fingerprint density at radius 3 is 1.56 bits per heavy atom. The van der Waals surface area contributed by atoms with Gasteiger partial charge in [-0.15, -0.1) is 0 Å². The van der Waals surface area contributed by atoms with Gasteiger partial charge in [0.1, 0.15) is 0 Å². The lowest BCUT2D eigenvalue weighted by Gasteiger charge is -2.07. The number of hydrogen-bond acceptors (Lipinski definition) is 0. The molecule has 0 unspecified atom stereocenters. The van der Waals surface area contributed by atoms with Crippen LogP contribution >= 0.6 is 0 Å². The number of rotatable bonds is 2. The van der Waals surface area contributed by atoms with Crippen molar-refractivity contribution in [3.63, 3.8) is 0 Å². The predicted molar refractivity (Wildman–Crippen MR) is 81.5 cm³/mol. The first-order chi connectivity index (χ1) is 8.81. The highest BCUT2D eigenvalue weighted by atomic mass is 14.1.